The summed E-state index contributed by atoms with van der Waals surface area (Å²) in [6.45, 7) is 12.1. The molecule has 0 unspecified atom stereocenters. The Balaban J connectivity index is -0.000000510. The maximum atomic E-state index is 7.50. The summed E-state index contributed by atoms with van der Waals surface area (Å²) >= 11 is 2.22. The van der Waals surface area contributed by atoms with E-state index in [4.69, 9.17) is 9.30 Å². The minimum absolute atomic E-state index is 0. The molecule has 5 radical (unpaired) electrons. The largest absolute Gasteiger partial charge is 0 e. The van der Waals surface area contributed by atoms with Crippen molar-refractivity contribution < 1.29 is 48.6 Å². The average molecular weight is 597 g/mol. The molecule has 0 atom stereocenters. The fraction of sp³-hybridized carbons (Fsp3) is 0.167. The van der Waals surface area contributed by atoms with Crippen molar-refractivity contribution in [2.24, 2.45) is 0 Å². The van der Waals surface area contributed by atoms with Crippen LogP contribution in [0.25, 0.3) is 0 Å². The number of aryl methyl sites for hydroxylation is 1. The minimum atomic E-state index is 0. The van der Waals surface area contributed by atoms with Crippen LogP contribution in [0.2, 0.25) is 0 Å². The first-order chi connectivity index (χ1) is 14.1. The van der Waals surface area contributed by atoms with Crippen LogP contribution in [0.15, 0.2) is 48.5 Å². The van der Waals surface area contributed by atoms with Gasteiger partial charge < -0.3 is 4.90 Å². The molecular weight excluding hydrogens is 572 g/mol. The third-order valence-corrected chi connectivity index (χ3v) is 3.50. The quantitative estimate of drug-likeness (QED) is 0.269. The minimum Gasteiger partial charge on any atom is 0 e. The smallest absolute Gasteiger partial charge is 0 e. The van der Waals surface area contributed by atoms with Crippen molar-refractivity contribution in [3.8, 4) is 0 Å². The first kappa shape index (κ1) is 34.0. The van der Waals surface area contributed by atoms with Gasteiger partial charge in [0.05, 0.1) is 0 Å². The van der Waals surface area contributed by atoms with Crippen LogP contribution in [0.3, 0.4) is 0 Å². The summed E-state index contributed by atoms with van der Waals surface area (Å²) in [5.41, 5.74) is 5.22. The summed E-state index contributed by atoms with van der Waals surface area (Å²) in [5, 5.41) is 0. The van der Waals surface area contributed by atoms with E-state index >= 15 is 0 Å². The fourth-order valence-corrected chi connectivity index (χ4v) is 2.32. The molecule has 1 aliphatic rings. The Morgan fingerprint density at radius 3 is 1.70 bits per heavy atom. The Kier molecular flexibility index (Phi) is 28.0. The zero-order valence-electron chi connectivity index (χ0n) is 17.2. The normalized spacial score (nSPS) is 10.8. The number of halogens is 1. The van der Waals surface area contributed by atoms with Crippen LogP contribution in [0.4, 0.5) is 0 Å². The van der Waals surface area contributed by atoms with E-state index in [1.807, 2.05) is 32.1 Å². The first-order valence-corrected chi connectivity index (χ1v) is 10.5. The number of nitrogens with zero attached hydrogens (tertiary/aromatic N) is 1. The molecule has 3 nitrogen and oxygen atoms in total. The van der Waals surface area contributed by atoms with E-state index < -0.39 is 0 Å². The van der Waals surface area contributed by atoms with Crippen LogP contribution in [0.5, 0.6) is 0 Å². The molecule has 0 aliphatic heterocycles. The third-order valence-electron chi connectivity index (χ3n) is 3.50. The zero-order chi connectivity index (χ0) is 22.5. The van der Waals surface area contributed by atoms with Crippen LogP contribution in [0.1, 0.15) is 22.3 Å². The summed E-state index contributed by atoms with van der Waals surface area (Å²) in [7, 11) is 8.69. The summed E-state index contributed by atoms with van der Waals surface area (Å²) in [5.74, 6) is 0. The molecule has 3 rings (SSSR count). The van der Waals surface area contributed by atoms with Crippen molar-refractivity contribution in [2.45, 2.75) is 13.5 Å². The Hall–Kier alpha value is -0.609. The van der Waals surface area contributed by atoms with Gasteiger partial charge in [-0.1, -0.05) is 41.5 Å². The molecule has 0 N–H and O–H groups in total. The second-order valence-corrected chi connectivity index (χ2v) is 5.95. The number of hydrogen-bond donors (Lipinski definition) is 0. The third kappa shape index (κ3) is 17.1. The number of hydrogen-bond acceptors (Lipinski definition) is 1. The van der Waals surface area contributed by atoms with Gasteiger partial charge in [0, 0.05) is 21.1 Å². The molecule has 1 fully saturated rings. The summed E-state index contributed by atoms with van der Waals surface area (Å²) in [6, 6.07) is 17.2. The Morgan fingerprint density at radius 2 is 1.27 bits per heavy atom. The van der Waals surface area contributed by atoms with Gasteiger partial charge in [0.25, 0.3) is 0 Å². The predicted octanol–water partition coefficient (Wildman–Crippen LogP) is 5.29. The van der Waals surface area contributed by atoms with E-state index in [1.165, 1.54) is 22.3 Å². The zero-order valence-corrected chi connectivity index (χ0v) is 21.5. The van der Waals surface area contributed by atoms with Crippen molar-refractivity contribution in [1.82, 2.24) is 4.90 Å². The van der Waals surface area contributed by atoms with Gasteiger partial charge in [-0.3, -0.25) is 0 Å². The topological polar surface area (TPSA) is 43.0 Å². The molecule has 0 heterocycles. The van der Waals surface area contributed by atoms with Crippen molar-refractivity contribution in [3.05, 3.63) is 123 Å². The molecule has 6 heteroatoms. The maximum Gasteiger partial charge on any atom is 0 e. The van der Waals surface area contributed by atoms with Crippen LogP contribution in [-0.2, 0) is 55.1 Å². The average Bonchev–Trinajstić information content (AvgIpc) is 3.35. The van der Waals surface area contributed by atoms with Crippen LogP contribution < -0.4 is 0 Å². The molecule has 0 aromatic heterocycles. The monoisotopic (exact) mass is 598 g/mol. The van der Waals surface area contributed by atoms with Crippen molar-refractivity contribution in [2.75, 3.05) is 14.1 Å². The molecule has 0 bridgehead atoms. The Morgan fingerprint density at radius 1 is 0.833 bits per heavy atom. The molecule has 0 amide bonds. The predicted molar refractivity (Wildman–Crippen MR) is 113 cm³/mol. The van der Waals surface area contributed by atoms with Crippen LogP contribution in [-0.4, -0.2) is 19.0 Å². The summed E-state index contributed by atoms with van der Waals surface area (Å²) < 4.78 is 15.0. The molecule has 161 valence electrons. The van der Waals surface area contributed by atoms with E-state index in [9.17, 15) is 0 Å². The van der Waals surface area contributed by atoms with Gasteiger partial charge in [0.1, 0.15) is 0 Å². The first-order valence-electron chi connectivity index (χ1n) is 8.48. The van der Waals surface area contributed by atoms with E-state index in [-0.39, 0.29) is 21.1 Å². The Labute approximate surface area is 212 Å². The number of rotatable bonds is 4. The van der Waals surface area contributed by atoms with Crippen molar-refractivity contribution >= 4 is 9.53 Å². The van der Waals surface area contributed by atoms with Gasteiger partial charge in [0.15, 0.2) is 0 Å². The standard InChI is InChI=1S/C17H20N.C5H5.2CO.ClH.Mo.Pd/c1-14-8-10-15(11-9-14)12-16-6-4-5-7-17(16)13-18(2)3;1-2-4-5-3-1;2*1-2;;;/h4-12H,13H2,1-3H3;1-5H;;;1H;;/q-1;;;;;;+2/p-1. The molecule has 0 saturated heterocycles. The fourth-order valence-electron chi connectivity index (χ4n) is 2.32. The van der Waals surface area contributed by atoms with Gasteiger partial charge in [-0.2, -0.15) is 0 Å². The molecule has 1 aliphatic carbocycles. The van der Waals surface area contributed by atoms with E-state index in [0.717, 1.165) is 6.54 Å². The van der Waals surface area contributed by atoms with Crippen LogP contribution in [0, 0.1) is 58.7 Å². The van der Waals surface area contributed by atoms with E-state index in [0.29, 0.717) is 0 Å². The Bertz CT molecular complexity index is 658. The SMILES string of the molecule is Cc1ccc([CH-]c2ccccc2CN(C)C)cc1.[C-]#[O+].[C-]#[O+].[CH]1[CH][CH][CH][CH]1.[Cl][Pd+].[Mo]. The molecule has 2 aromatic carbocycles. The van der Waals surface area contributed by atoms with Gasteiger partial charge in [-0.05, 0) is 59.7 Å². The van der Waals surface area contributed by atoms with Gasteiger partial charge in [-0.25, -0.2) is 0 Å². The van der Waals surface area contributed by atoms with Gasteiger partial charge in [0.2, 0.25) is 0 Å². The molecule has 2 aromatic rings. The maximum absolute atomic E-state index is 7.50. The molecular formula is C24H25ClMoNO2Pd. The van der Waals surface area contributed by atoms with Gasteiger partial charge in [-0.15, -0.1) is 35.7 Å². The molecule has 30 heavy (non-hydrogen) atoms. The second-order valence-electron chi connectivity index (χ2n) is 5.95. The van der Waals surface area contributed by atoms with Crippen molar-refractivity contribution in [3.63, 3.8) is 0 Å². The van der Waals surface area contributed by atoms with E-state index in [2.05, 4.69) is 122 Å². The van der Waals surface area contributed by atoms with Crippen LogP contribution >= 0.6 is 9.53 Å². The second kappa shape index (κ2) is 24.7. The van der Waals surface area contributed by atoms with E-state index in [1.54, 1.807) is 0 Å². The summed E-state index contributed by atoms with van der Waals surface area (Å²) in [4.78, 5) is 2.20. The van der Waals surface area contributed by atoms with Gasteiger partial charge >= 0.3 is 50.3 Å². The summed E-state index contributed by atoms with van der Waals surface area (Å²) in [6.07, 6.45) is 12.2. The number of benzene rings is 2. The van der Waals surface area contributed by atoms with Crippen molar-refractivity contribution in [1.29, 1.82) is 0 Å². The molecule has 1 saturated carbocycles. The molecule has 0 spiro atoms.